The van der Waals surface area contributed by atoms with Crippen molar-refractivity contribution in [1.82, 2.24) is 4.98 Å². The summed E-state index contributed by atoms with van der Waals surface area (Å²) in [6.45, 7) is 5.83. The zero-order valence-corrected chi connectivity index (χ0v) is 14.1. The Morgan fingerprint density at radius 2 is 1.71 bits per heavy atom. The summed E-state index contributed by atoms with van der Waals surface area (Å²) < 4.78 is 5.71. The van der Waals surface area contributed by atoms with Gasteiger partial charge in [-0.3, -0.25) is 4.79 Å². The number of rotatable bonds is 4. The Labute approximate surface area is 141 Å². The smallest absolute Gasteiger partial charge is 0.262 e. The first kappa shape index (κ1) is 16.0. The van der Waals surface area contributed by atoms with E-state index < -0.39 is 0 Å². The van der Waals surface area contributed by atoms with Gasteiger partial charge in [-0.1, -0.05) is 36.4 Å². The number of ether oxygens (including phenoxy) is 1. The number of anilines is 1. The first-order chi connectivity index (χ1) is 11.5. The monoisotopic (exact) mass is 320 g/mol. The molecule has 3 rings (SSSR count). The maximum Gasteiger partial charge on any atom is 0.262 e. The normalized spacial score (nSPS) is 10.6. The Morgan fingerprint density at radius 1 is 1.00 bits per heavy atom. The van der Waals surface area contributed by atoms with Gasteiger partial charge in [0.15, 0.2) is 6.61 Å². The van der Waals surface area contributed by atoms with Gasteiger partial charge in [0.25, 0.3) is 5.91 Å². The second-order valence-electron chi connectivity index (χ2n) is 5.88. The van der Waals surface area contributed by atoms with E-state index in [0.717, 1.165) is 33.4 Å². The summed E-state index contributed by atoms with van der Waals surface area (Å²) in [5, 5.41) is 3.92. The van der Waals surface area contributed by atoms with Gasteiger partial charge in [-0.25, -0.2) is 4.98 Å². The topological polar surface area (TPSA) is 51.2 Å². The molecule has 0 radical (unpaired) electrons. The highest BCUT2D eigenvalue weighted by atomic mass is 16.5. The Bertz CT molecular complexity index is 883. The summed E-state index contributed by atoms with van der Waals surface area (Å²) in [4.78, 5) is 16.7. The highest BCUT2D eigenvalue weighted by Gasteiger charge is 2.10. The number of aryl methyl sites for hydroxylation is 3. The van der Waals surface area contributed by atoms with Crippen LogP contribution in [0.2, 0.25) is 0 Å². The van der Waals surface area contributed by atoms with Crippen molar-refractivity contribution in [2.75, 3.05) is 11.9 Å². The predicted molar refractivity (Wildman–Crippen MR) is 96.5 cm³/mol. The molecule has 0 unspecified atom stereocenters. The molecule has 1 amide bonds. The summed E-state index contributed by atoms with van der Waals surface area (Å²) in [5.41, 5.74) is 4.60. The van der Waals surface area contributed by atoms with Gasteiger partial charge in [0.1, 0.15) is 11.3 Å². The van der Waals surface area contributed by atoms with Crippen LogP contribution in [0.1, 0.15) is 16.8 Å². The minimum absolute atomic E-state index is 0.0531. The number of hydrogen-bond acceptors (Lipinski definition) is 3. The Kier molecular flexibility index (Phi) is 4.47. The fourth-order valence-electron chi connectivity index (χ4n) is 2.66. The first-order valence-corrected chi connectivity index (χ1v) is 7.90. The third-order valence-electron chi connectivity index (χ3n) is 3.93. The highest BCUT2D eigenvalue weighted by molar-refractivity contribution is 5.93. The average Bonchev–Trinajstić information content (AvgIpc) is 2.56. The van der Waals surface area contributed by atoms with Crippen LogP contribution in [0, 0.1) is 20.8 Å². The molecule has 0 spiro atoms. The molecule has 1 N–H and O–H groups in total. The molecule has 24 heavy (non-hydrogen) atoms. The second-order valence-corrected chi connectivity index (χ2v) is 5.88. The van der Waals surface area contributed by atoms with Crippen molar-refractivity contribution >= 4 is 22.5 Å². The molecule has 4 nitrogen and oxygen atoms in total. The van der Waals surface area contributed by atoms with Crippen molar-refractivity contribution in [2.24, 2.45) is 0 Å². The van der Waals surface area contributed by atoms with Crippen molar-refractivity contribution in [1.29, 1.82) is 0 Å². The van der Waals surface area contributed by atoms with Crippen LogP contribution in [0.3, 0.4) is 0 Å². The van der Waals surface area contributed by atoms with E-state index in [2.05, 4.69) is 10.3 Å². The zero-order valence-electron chi connectivity index (χ0n) is 14.1. The number of nitrogens with zero attached hydrogens (tertiary/aromatic N) is 1. The predicted octanol–water partition coefficient (Wildman–Crippen LogP) is 4.18. The lowest BCUT2D eigenvalue weighted by Gasteiger charge is -2.13. The number of carbonyl (C=O) groups is 1. The van der Waals surface area contributed by atoms with E-state index in [1.165, 1.54) is 0 Å². The summed E-state index contributed by atoms with van der Waals surface area (Å²) in [6, 6.07) is 15.6. The SMILES string of the molecule is Cc1ccc2cccc(OCC(=O)Nc3c(C)cccc3C)c2n1. The van der Waals surface area contributed by atoms with Crippen molar-refractivity contribution in [2.45, 2.75) is 20.8 Å². The lowest BCUT2D eigenvalue weighted by atomic mass is 10.1. The van der Waals surface area contributed by atoms with Gasteiger partial charge >= 0.3 is 0 Å². The maximum atomic E-state index is 12.2. The Hall–Kier alpha value is -2.88. The molecule has 4 heteroatoms. The Balaban J connectivity index is 1.74. The van der Waals surface area contributed by atoms with Gasteiger partial charge < -0.3 is 10.1 Å². The van der Waals surface area contributed by atoms with Crippen molar-refractivity contribution in [3.63, 3.8) is 0 Å². The number of pyridine rings is 1. The lowest BCUT2D eigenvalue weighted by Crippen LogP contribution is -2.21. The molecule has 1 heterocycles. The molecule has 0 aliphatic rings. The van der Waals surface area contributed by atoms with E-state index in [1.807, 2.05) is 69.3 Å². The van der Waals surface area contributed by atoms with E-state index >= 15 is 0 Å². The number of aromatic nitrogens is 1. The molecular weight excluding hydrogens is 300 g/mol. The van der Waals surface area contributed by atoms with Crippen LogP contribution < -0.4 is 10.1 Å². The minimum Gasteiger partial charge on any atom is -0.481 e. The number of benzene rings is 2. The van der Waals surface area contributed by atoms with Crippen LogP contribution in [-0.4, -0.2) is 17.5 Å². The van der Waals surface area contributed by atoms with Gasteiger partial charge in [-0.15, -0.1) is 0 Å². The average molecular weight is 320 g/mol. The van der Waals surface area contributed by atoms with Crippen LogP contribution >= 0.6 is 0 Å². The molecule has 2 aromatic carbocycles. The van der Waals surface area contributed by atoms with Crippen LogP contribution in [0.15, 0.2) is 48.5 Å². The fraction of sp³-hybridized carbons (Fsp3) is 0.200. The molecule has 0 saturated carbocycles. The molecule has 0 bridgehead atoms. The second kappa shape index (κ2) is 6.71. The molecular formula is C20H20N2O2. The van der Waals surface area contributed by atoms with E-state index in [0.29, 0.717) is 5.75 Å². The molecule has 1 aromatic heterocycles. The Morgan fingerprint density at radius 3 is 2.46 bits per heavy atom. The zero-order chi connectivity index (χ0) is 17.1. The quantitative estimate of drug-likeness (QED) is 0.784. The molecule has 0 fully saturated rings. The third kappa shape index (κ3) is 3.38. The summed E-state index contributed by atoms with van der Waals surface area (Å²) >= 11 is 0. The van der Waals surface area contributed by atoms with E-state index in [1.54, 1.807) is 0 Å². The van der Waals surface area contributed by atoms with E-state index in [-0.39, 0.29) is 12.5 Å². The highest BCUT2D eigenvalue weighted by Crippen LogP contribution is 2.24. The number of hydrogen-bond donors (Lipinski definition) is 1. The van der Waals surface area contributed by atoms with Crippen LogP contribution in [-0.2, 0) is 4.79 Å². The van der Waals surface area contributed by atoms with Gasteiger partial charge in [-0.05, 0) is 44.0 Å². The molecule has 0 aliphatic heterocycles. The minimum atomic E-state index is -0.183. The fourth-order valence-corrected chi connectivity index (χ4v) is 2.66. The molecule has 0 saturated heterocycles. The molecule has 122 valence electrons. The largest absolute Gasteiger partial charge is 0.481 e. The number of nitrogens with one attached hydrogen (secondary N) is 1. The number of para-hydroxylation sites is 2. The molecule has 0 aliphatic carbocycles. The number of amides is 1. The summed E-state index contributed by atoms with van der Waals surface area (Å²) in [5.74, 6) is 0.435. The standard InChI is InChI=1S/C20H20N2O2/c1-13-6-4-7-14(2)19(13)22-18(23)12-24-17-9-5-8-16-11-10-15(3)21-20(16)17/h4-11H,12H2,1-3H3,(H,22,23). The summed E-state index contributed by atoms with van der Waals surface area (Å²) in [7, 11) is 0. The van der Waals surface area contributed by atoms with Crippen LogP contribution in [0.5, 0.6) is 5.75 Å². The van der Waals surface area contributed by atoms with Crippen molar-refractivity contribution in [3.8, 4) is 5.75 Å². The van der Waals surface area contributed by atoms with E-state index in [4.69, 9.17) is 4.74 Å². The number of fused-ring (bicyclic) bond motifs is 1. The van der Waals surface area contributed by atoms with Crippen molar-refractivity contribution in [3.05, 3.63) is 65.4 Å². The van der Waals surface area contributed by atoms with Crippen LogP contribution in [0.4, 0.5) is 5.69 Å². The van der Waals surface area contributed by atoms with E-state index in [9.17, 15) is 4.79 Å². The first-order valence-electron chi connectivity index (χ1n) is 7.90. The van der Waals surface area contributed by atoms with Gasteiger partial charge in [0, 0.05) is 16.8 Å². The maximum absolute atomic E-state index is 12.2. The summed E-state index contributed by atoms with van der Waals surface area (Å²) in [6.07, 6.45) is 0. The van der Waals surface area contributed by atoms with Gasteiger partial charge in [-0.2, -0.15) is 0 Å². The van der Waals surface area contributed by atoms with Crippen LogP contribution in [0.25, 0.3) is 10.9 Å². The molecule has 3 aromatic rings. The van der Waals surface area contributed by atoms with Gasteiger partial charge in [0.05, 0.1) is 0 Å². The molecule has 0 atom stereocenters. The van der Waals surface area contributed by atoms with Crippen molar-refractivity contribution < 1.29 is 9.53 Å². The number of carbonyl (C=O) groups excluding carboxylic acids is 1. The lowest BCUT2D eigenvalue weighted by molar-refractivity contribution is -0.118. The van der Waals surface area contributed by atoms with Gasteiger partial charge in [0.2, 0.25) is 0 Å². The third-order valence-corrected chi connectivity index (χ3v) is 3.93.